The second-order valence-electron chi connectivity index (χ2n) is 3.90. The molecular weight excluding hydrogens is 244 g/mol. The summed E-state index contributed by atoms with van der Waals surface area (Å²) in [5.41, 5.74) is 1.93. The van der Waals surface area contributed by atoms with Crippen LogP contribution in [0.5, 0.6) is 0 Å². The van der Waals surface area contributed by atoms with Crippen LogP contribution in [0.1, 0.15) is 43.7 Å². The molecule has 0 spiro atoms. The standard InChI is InChI=1S/C12H17ClO2S/c1-3-10(4-2)12-8-6-5-7-11(12)9-16(13,14)15/h5-8,10H,3-4,9H2,1-2H3. The van der Waals surface area contributed by atoms with Gasteiger partial charge in [-0.1, -0.05) is 38.1 Å². The van der Waals surface area contributed by atoms with Crippen LogP contribution in [0.4, 0.5) is 0 Å². The van der Waals surface area contributed by atoms with Crippen molar-refractivity contribution in [3.63, 3.8) is 0 Å². The molecule has 0 bridgehead atoms. The van der Waals surface area contributed by atoms with Crippen molar-refractivity contribution in [1.82, 2.24) is 0 Å². The molecule has 0 aliphatic rings. The maximum atomic E-state index is 11.1. The summed E-state index contributed by atoms with van der Waals surface area (Å²) < 4.78 is 22.2. The largest absolute Gasteiger partial charge is 0.236 e. The third-order valence-electron chi connectivity index (χ3n) is 2.81. The third-order valence-corrected chi connectivity index (χ3v) is 3.79. The van der Waals surface area contributed by atoms with Gasteiger partial charge in [-0.25, -0.2) is 8.42 Å². The van der Waals surface area contributed by atoms with E-state index in [1.807, 2.05) is 24.3 Å². The van der Waals surface area contributed by atoms with Gasteiger partial charge >= 0.3 is 0 Å². The Labute approximate surface area is 102 Å². The minimum atomic E-state index is -3.48. The van der Waals surface area contributed by atoms with Crippen LogP contribution in [0, 0.1) is 0 Å². The quantitative estimate of drug-likeness (QED) is 0.757. The van der Waals surface area contributed by atoms with E-state index in [1.54, 1.807) is 0 Å². The number of hydrogen-bond donors (Lipinski definition) is 0. The lowest BCUT2D eigenvalue weighted by Gasteiger charge is -2.16. The summed E-state index contributed by atoms with van der Waals surface area (Å²) >= 11 is 0. The van der Waals surface area contributed by atoms with Crippen molar-refractivity contribution in [3.8, 4) is 0 Å². The van der Waals surface area contributed by atoms with Crippen LogP contribution in [-0.4, -0.2) is 8.42 Å². The highest BCUT2D eigenvalue weighted by Crippen LogP contribution is 2.27. The highest BCUT2D eigenvalue weighted by molar-refractivity contribution is 8.13. The summed E-state index contributed by atoms with van der Waals surface area (Å²) in [7, 11) is 1.83. The lowest BCUT2D eigenvalue weighted by atomic mass is 9.91. The van der Waals surface area contributed by atoms with E-state index in [0.717, 1.165) is 24.0 Å². The second-order valence-corrected chi connectivity index (χ2v) is 6.67. The molecule has 1 aromatic rings. The Balaban J connectivity index is 3.09. The fourth-order valence-corrected chi connectivity index (χ4v) is 2.97. The SMILES string of the molecule is CCC(CC)c1ccccc1CS(=O)(=O)Cl. The zero-order chi connectivity index (χ0) is 12.2. The Hall–Kier alpha value is -0.540. The number of halogens is 1. The van der Waals surface area contributed by atoms with E-state index in [0.29, 0.717) is 5.92 Å². The number of hydrogen-bond acceptors (Lipinski definition) is 2. The lowest BCUT2D eigenvalue weighted by molar-refractivity contribution is 0.606. The van der Waals surface area contributed by atoms with Gasteiger partial charge in [0.05, 0.1) is 5.75 Å². The molecule has 90 valence electrons. The molecule has 0 heterocycles. The Morgan fingerprint density at radius 1 is 1.19 bits per heavy atom. The van der Waals surface area contributed by atoms with Crippen molar-refractivity contribution >= 4 is 19.7 Å². The Kier molecular flexibility index (Phi) is 4.81. The summed E-state index contributed by atoms with van der Waals surface area (Å²) in [4.78, 5) is 0. The topological polar surface area (TPSA) is 34.1 Å². The zero-order valence-corrected chi connectivity index (χ0v) is 11.2. The molecular formula is C12H17ClO2S. The van der Waals surface area contributed by atoms with Gasteiger partial charge in [0.25, 0.3) is 0 Å². The predicted molar refractivity (Wildman–Crippen MR) is 68.2 cm³/mol. The smallest absolute Gasteiger partial charge is 0.212 e. The molecule has 0 saturated heterocycles. The zero-order valence-electron chi connectivity index (χ0n) is 9.61. The molecule has 2 nitrogen and oxygen atoms in total. The van der Waals surface area contributed by atoms with Gasteiger partial charge in [-0.2, -0.15) is 0 Å². The second kappa shape index (κ2) is 5.69. The van der Waals surface area contributed by atoms with Crippen LogP contribution >= 0.6 is 10.7 Å². The van der Waals surface area contributed by atoms with Crippen LogP contribution in [0.2, 0.25) is 0 Å². The van der Waals surface area contributed by atoms with Gasteiger partial charge in [0.1, 0.15) is 0 Å². The minimum Gasteiger partial charge on any atom is -0.212 e. The van der Waals surface area contributed by atoms with Crippen molar-refractivity contribution in [2.75, 3.05) is 0 Å². The van der Waals surface area contributed by atoms with Gasteiger partial charge in [-0.3, -0.25) is 0 Å². The molecule has 0 aliphatic carbocycles. The highest BCUT2D eigenvalue weighted by atomic mass is 35.7. The average Bonchev–Trinajstić information content (AvgIpc) is 2.20. The summed E-state index contributed by atoms with van der Waals surface area (Å²) in [5, 5.41) is 0. The van der Waals surface area contributed by atoms with Crippen LogP contribution in [0.3, 0.4) is 0 Å². The molecule has 0 aromatic heterocycles. The molecule has 0 aliphatic heterocycles. The van der Waals surface area contributed by atoms with Crippen molar-refractivity contribution in [2.24, 2.45) is 0 Å². The van der Waals surface area contributed by atoms with Crippen LogP contribution < -0.4 is 0 Å². The molecule has 0 saturated carbocycles. The molecule has 1 rings (SSSR count). The average molecular weight is 261 g/mol. The Bertz CT molecular complexity index is 436. The van der Waals surface area contributed by atoms with E-state index in [4.69, 9.17) is 10.7 Å². The first-order valence-electron chi connectivity index (χ1n) is 5.48. The maximum Gasteiger partial charge on any atom is 0.236 e. The summed E-state index contributed by atoms with van der Waals surface area (Å²) in [5.74, 6) is 0.330. The molecule has 0 unspecified atom stereocenters. The molecule has 0 radical (unpaired) electrons. The molecule has 16 heavy (non-hydrogen) atoms. The van der Waals surface area contributed by atoms with Gasteiger partial charge in [0, 0.05) is 10.7 Å². The van der Waals surface area contributed by atoms with Crippen molar-refractivity contribution in [1.29, 1.82) is 0 Å². The predicted octanol–water partition coefficient (Wildman–Crippen LogP) is 3.66. The van der Waals surface area contributed by atoms with Crippen molar-refractivity contribution < 1.29 is 8.42 Å². The van der Waals surface area contributed by atoms with E-state index in [9.17, 15) is 8.42 Å². The normalized spacial score (nSPS) is 12.0. The number of rotatable bonds is 5. The van der Waals surface area contributed by atoms with E-state index >= 15 is 0 Å². The first-order valence-corrected chi connectivity index (χ1v) is 7.96. The molecule has 0 fully saturated rings. The number of benzene rings is 1. The van der Waals surface area contributed by atoms with E-state index in [2.05, 4.69) is 13.8 Å². The summed E-state index contributed by atoms with van der Waals surface area (Å²) in [6.07, 6.45) is 2.02. The van der Waals surface area contributed by atoms with Crippen LogP contribution in [0.25, 0.3) is 0 Å². The lowest BCUT2D eigenvalue weighted by Crippen LogP contribution is -2.04. The van der Waals surface area contributed by atoms with Crippen LogP contribution in [0.15, 0.2) is 24.3 Å². The van der Waals surface area contributed by atoms with E-state index < -0.39 is 9.05 Å². The van der Waals surface area contributed by atoms with Crippen molar-refractivity contribution in [3.05, 3.63) is 35.4 Å². The molecule has 4 heteroatoms. The van der Waals surface area contributed by atoms with Gasteiger partial charge in [0.2, 0.25) is 9.05 Å². The van der Waals surface area contributed by atoms with Crippen molar-refractivity contribution in [2.45, 2.75) is 38.4 Å². The van der Waals surface area contributed by atoms with Gasteiger partial charge in [0.15, 0.2) is 0 Å². The fourth-order valence-electron chi connectivity index (χ4n) is 1.98. The minimum absolute atomic E-state index is 0.0821. The summed E-state index contributed by atoms with van der Waals surface area (Å²) in [6, 6.07) is 7.63. The molecule has 0 atom stereocenters. The van der Waals surface area contributed by atoms with E-state index in [-0.39, 0.29) is 5.75 Å². The van der Waals surface area contributed by atoms with Gasteiger partial charge in [-0.15, -0.1) is 0 Å². The first-order chi connectivity index (χ1) is 7.48. The molecule has 0 amide bonds. The highest BCUT2D eigenvalue weighted by Gasteiger charge is 2.15. The van der Waals surface area contributed by atoms with Gasteiger partial charge in [-0.05, 0) is 29.9 Å². The summed E-state index contributed by atoms with van der Waals surface area (Å²) in [6.45, 7) is 4.22. The van der Waals surface area contributed by atoms with E-state index in [1.165, 1.54) is 0 Å². The van der Waals surface area contributed by atoms with Crippen LogP contribution in [-0.2, 0) is 14.8 Å². The van der Waals surface area contributed by atoms with Gasteiger partial charge < -0.3 is 0 Å². The molecule has 1 aromatic carbocycles. The monoisotopic (exact) mass is 260 g/mol. The fraction of sp³-hybridized carbons (Fsp3) is 0.500. The molecule has 0 N–H and O–H groups in total. The Morgan fingerprint density at radius 2 is 1.75 bits per heavy atom. The maximum absolute atomic E-state index is 11.1. The third kappa shape index (κ3) is 3.80. The first kappa shape index (κ1) is 13.5. The Morgan fingerprint density at radius 3 is 2.25 bits per heavy atom.